The average molecular weight is 266 g/mol. The van der Waals surface area contributed by atoms with Gasteiger partial charge in [-0.2, -0.15) is 0 Å². The Morgan fingerprint density at radius 2 is 1.89 bits per heavy atom. The number of Topliss-reactive ketones (excluding diaryl/α,β-unsaturated/α-hetero) is 1. The maximum absolute atomic E-state index is 12.3. The minimum absolute atomic E-state index is 0.0198. The minimum atomic E-state index is -0.448. The molecule has 0 saturated carbocycles. The summed E-state index contributed by atoms with van der Waals surface area (Å²) in [7, 11) is 0. The molecule has 0 bridgehead atoms. The lowest BCUT2D eigenvalue weighted by Gasteiger charge is -2.36. The number of carbonyl (C=O) groups is 2. The van der Waals surface area contributed by atoms with E-state index in [9.17, 15) is 9.59 Å². The zero-order valence-corrected chi connectivity index (χ0v) is 12.6. The lowest BCUT2D eigenvalue weighted by atomic mass is 9.66. The third-order valence-corrected chi connectivity index (χ3v) is 4.45. The van der Waals surface area contributed by atoms with E-state index < -0.39 is 5.41 Å². The lowest BCUT2D eigenvalue weighted by Crippen LogP contribution is -2.40. The van der Waals surface area contributed by atoms with E-state index in [4.69, 9.17) is 4.74 Å². The summed E-state index contributed by atoms with van der Waals surface area (Å²) in [5.41, 5.74) is -0.616. The summed E-state index contributed by atoms with van der Waals surface area (Å²) in [6.07, 6.45) is 8.20. The number of rotatable bonds is 7. The number of unbranched alkanes of at least 4 members (excludes halogenated alkanes) is 2. The average Bonchev–Trinajstić information content (AvgIpc) is 2.62. The predicted molar refractivity (Wildman–Crippen MR) is 75.8 cm³/mol. The van der Waals surface area contributed by atoms with Crippen LogP contribution in [-0.2, 0) is 14.3 Å². The van der Waals surface area contributed by atoms with Gasteiger partial charge in [-0.15, -0.1) is 0 Å². The highest BCUT2D eigenvalue weighted by Crippen LogP contribution is 2.48. The van der Waals surface area contributed by atoms with E-state index in [2.05, 4.69) is 26.8 Å². The Hall–Kier alpha value is -1.12. The van der Waals surface area contributed by atoms with Gasteiger partial charge in [0.15, 0.2) is 12.4 Å². The summed E-state index contributed by atoms with van der Waals surface area (Å²) in [5.74, 6) is -0.236. The van der Waals surface area contributed by atoms with Crippen LogP contribution in [0.2, 0.25) is 0 Å². The lowest BCUT2D eigenvalue weighted by molar-refractivity contribution is -0.152. The van der Waals surface area contributed by atoms with Gasteiger partial charge >= 0.3 is 5.97 Å². The topological polar surface area (TPSA) is 43.4 Å². The second kappa shape index (κ2) is 6.36. The third kappa shape index (κ3) is 3.68. The van der Waals surface area contributed by atoms with E-state index in [-0.39, 0.29) is 23.8 Å². The Morgan fingerprint density at radius 1 is 1.21 bits per heavy atom. The van der Waals surface area contributed by atoms with Crippen LogP contribution < -0.4 is 0 Å². The molecule has 0 aromatic heterocycles. The fourth-order valence-corrected chi connectivity index (χ4v) is 2.41. The smallest absolute Gasteiger partial charge is 0.306 e. The summed E-state index contributed by atoms with van der Waals surface area (Å²) < 4.78 is 5.11. The second-order valence-electron chi connectivity index (χ2n) is 6.20. The van der Waals surface area contributed by atoms with Gasteiger partial charge in [-0.1, -0.05) is 52.7 Å². The molecule has 19 heavy (non-hydrogen) atoms. The van der Waals surface area contributed by atoms with Crippen LogP contribution >= 0.6 is 0 Å². The van der Waals surface area contributed by atoms with Crippen molar-refractivity contribution >= 4 is 11.8 Å². The van der Waals surface area contributed by atoms with Crippen LogP contribution in [0.15, 0.2) is 12.2 Å². The van der Waals surface area contributed by atoms with Crippen molar-refractivity contribution in [3.05, 3.63) is 12.2 Å². The van der Waals surface area contributed by atoms with Crippen LogP contribution in [0.3, 0.4) is 0 Å². The molecule has 0 radical (unpaired) electrons. The molecule has 1 aliphatic rings. The quantitative estimate of drug-likeness (QED) is 0.401. The first-order chi connectivity index (χ1) is 8.83. The third-order valence-electron chi connectivity index (χ3n) is 4.45. The standard InChI is InChI=1S/C16H26O3/c1-5-6-7-9-14(18)19-12-13(17)16(4)11-8-10-15(16,2)3/h8,10H,5-7,9,11-12H2,1-4H3/t16-/m1/s1. The number of hydrogen-bond donors (Lipinski definition) is 0. The van der Waals surface area contributed by atoms with Crippen LogP contribution in [0.25, 0.3) is 0 Å². The van der Waals surface area contributed by atoms with Gasteiger partial charge in [-0.05, 0) is 18.3 Å². The Balaban J connectivity index is 2.42. The normalized spacial score (nSPS) is 24.4. The van der Waals surface area contributed by atoms with Crippen molar-refractivity contribution in [3.63, 3.8) is 0 Å². The summed E-state index contributed by atoms with van der Waals surface area (Å²) in [6.45, 7) is 8.06. The molecular formula is C16H26O3. The van der Waals surface area contributed by atoms with Crippen molar-refractivity contribution in [3.8, 4) is 0 Å². The summed E-state index contributed by atoms with van der Waals surface area (Å²) >= 11 is 0. The second-order valence-corrected chi connectivity index (χ2v) is 6.20. The molecule has 0 aromatic carbocycles. The van der Waals surface area contributed by atoms with E-state index in [1.807, 2.05) is 13.0 Å². The van der Waals surface area contributed by atoms with Gasteiger partial charge in [-0.3, -0.25) is 9.59 Å². The molecule has 1 rings (SSSR count). The van der Waals surface area contributed by atoms with Crippen molar-refractivity contribution in [1.82, 2.24) is 0 Å². The van der Waals surface area contributed by atoms with Crippen LogP contribution in [0.5, 0.6) is 0 Å². The molecule has 1 atom stereocenters. The molecule has 1 aliphatic carbocycles. The highest BCUT2D eigenvalue weighted by atomic mass is 16.5. The first-order valence-corrected chi connectivity index (χ1v) is 7.20. The van der Waals surface area contributed by atoms with Crippen molar-refractivity contribution in [2.24, 2.45) is 10.8 Å². The molecular weight excluding hydrogens is 240 g/mol. The zero-order chi connectivity index (χ0) is 14.5. The number of hydrogen-bond acceptors (Lipinski definition) is 3. The number of ether oxygens (including phenoxy) is 1. The largest absolute Gasteiger partial charge is 0.458 e. The van der Waals surface area contributed by atoms with Crippen LogP contribution in [0.1, 0.15) is 59.8 Å². The van der Waals surface area contributed by atoms with Gasteiger partial charge in [0.2, 0.25) is 0 Å². The number of allylic oxidation sites excluding steroid dienone is 2. The van der Waals surface area contributed by atoms with Gasteiger partial charge in [0.1, 0.15) is 0 Å². The van der Waals surface area contributed by atoms with Crippen molar-refractivity contribution in [1.29, 1.82) is 0 Å². The van der Waals surface area contributed by atoms with Gasteiger partial charge < -0.3 is 4.74 Å². The van der Waals surface area contributed by atoms with Crippen LogP contribution in [0.4, 0.5) is 0 Å². The minimum Gasteiger partial charge on any atom is -0.458 e. The molecule has 0 amide bonds. The predicted octanol–water partition coefficient (Wildman–Crippen LogP) is 3.67. The summed E-state index contributed by atoms with van der Waals surface area (Å²) in [6, 6.07) is 0. The van der Waals surface area contributed by atoms with Crippen molar-refractivity contribution in [2.45, 2.75) is 59.8 Å². The molecule has 0 heterocycles. The van der Waals surface area contributed by atoms with E-state index in [1.165, 1.54) is 0 Å². The maximum Gasteiger partial charge on any atom is 0.306 e. The molecule has 0 spiro atoms. The first-order valence-electron chi connectivity index (χ1n) is 7.20. The van der Waals surface area contributed by atoms with Gasteiger partial charge in [0.25, 0.3) is 0 Å². The molecule has 108 valence electrons. The van der Waals surface area contributed by atoms with Crippen LogP contribution in [0, 0.1) is 10.8 Å². The molecule has 0 aromatic rings. The molecule has 0 saturated heterocycles. The fourth-order valence-electron chi connectivity index (χ4n) is 2.41. The highest BCUT2D eigenvalue weighted by molar-refractivity contribution is 5.89. The number of carbonyl (C=O) groups excluding carboxylic acids is 2. The Labute approximate surface area is 116 Å². The van der Waals surface area contributed by atoms with E-state index >= 15 is 0 Å². The number of ketones is 1. The maximum atomic E-state index is 12.3. The summed E-state index contributed by atoms with van der Waals surface area (Å²) in [5, 5.41) is 0. The summed E-state index contributed by atoms with van der Waals surface area (Å²) in [4.78, 5) is 23.8. The van der Waals surface area contributed by atoms with Crippen molar-refractivity contribution < 1.29 is 14.3 Å². The molecule has 0 N–H and O–H groups in total. The first kappa shape index (κ1) is 15.9. The molecule has 0 aliphatic heterocycles. The highest BCUT2D eigenvalue weighted by Gasteiger charge is 2.47. The molecule has 0 fully saturated rings. The fraction of sp³-hybridized carbons (Fsp3) is 0.750. The van der Waals surface area contributed by atoms with E-state index in [1.54, 1.807) is 0 Å². The van der Waals surface area contributed by atoms with Gasteiger partial charge in [-0.25, -0.2) is 0 Å². The van der Waals surface area contributed by atoms with Gasteiger partial charge in [0, 0.05) is 11.8 Å². The molecule has 0 unspecified atom stereocenters. The van der Waals surface area contributed by atoms with E-state index in [0.29, 0.717) is 6.42 Å². The Morgan fingerprint density at radius 3 is 2.42 bits per heavy atom. The zero-order valence-electron chi connectivity index (χ0n) is 12.6. The molecule has 3 heteroatoms. The monoisotopic (exact) mass is 266 g/mol. The number of esters is 1. The Kier molecular flexibility index (Phi) is 5.33. The van der Waals surface area contributed by atoms with Gasteiger partial charge in [0.05, 0.1) is 0 Å². The van der Waals surface area contributed by atoms with E-state index in [0.717, 1.165) is 25.7 Å². The van der Waals surface area contributed by atoms with Crippen LogP contribution in [-0.4, -0.2) is 18.4 Å². The van der Waals surface area contributed by atoms with Crippen molar-refractivity contribution in [2.75, 3.05) is 6.61 Å². The Bertz CT molecular complexity index is 368. The molecule has 3 nitrogen and oxygen atoms in total. The SMILES string of the molecule is CCCCCC(=O)OCC(=O)[C@@]1(C)CC=CC1(C)C.